The van der Waals surface area contributed by atoms with Gasteiger partial charge in [-0.05, 0) is 50.4 Å². The first-order chi connectivity index (χ1) is 8.92. The van der Waals surface area contributed by atoms with E-state index in [1.54, 1.807) is 0 Å². The number of nitrogens with one attached hydrogen (secondary N) is 1. The lowest BCUT2D eigenvalue weighted by molar-refractivity contribution is 0.267. The molecule has 0 saturated carbocycles. The second kappa shape index (κ2) is 5.75. The molecule has 2 heterocycles. The summed E-state index contributed by atoms with van der Waals surface area (Å²) >= 11 is 0. The average molecular weight is 244 g/mol. The average Bonchev–Trinajstić information content (AvgIpc) is 2.67. The van der Waals surface area contributed by atoms with Crippen molar-refractivity contribution in [2.24, 2.45) is 0 Å². The van der Waals surface area contributed by atoms with Crippen LogP contribution in [0.4, 0.5) is 5.69 Å². The number of benzene rings is 1. The summed E-state index contributed by atoms with van der Waals surface area (Å²) in [7, 11) is 0. The number of para-hydroxylation sites is 1. The van der Waals surface area contributed by atoms with E-state index in [-0.39, 0.29) is 0 Å². The van der Waals surface area contributed by atoms with Crippen LogP contribution in [0, 0.1) is 0 Å². The Bertz CT molecular complexity index is 380. The maximum atomic E-state index is 3.72. The minimum Gasteiger partial charge on any atom is -0.381 e. The first-order valence-corrected chi connectivity index (χ1v) is 7.48. The molecule has 1 aromatic carbocycles. The monoisotopic (exact) mass is 244 g/mol. The van der Waals surface area contributed by atoms with E-state index in [2.05, 4.69) is 34.5 Å². The van der Waals surface area contributed by atoms with Crippen molar-refractivity contribution >= 4 is 5.69 Å². The van der Waals surface area contributed by atoms with Gasteiger partial charge < -0.3 is 10.2 Å². The molecule has 0 bridgehead atoms. The Hall–Kier alpha value is -1.02. The van der Waals surface area contributed by atoms with Gasteiger partial charge in [-0.25, -0.2) is 0 Å². The number of rotatable bonds is 2. The lowest BCUT2D eigenvalue weighted by Gasteiger charge is -2.31. The molecule has 0 amide bonds. The lowest BCUT2D eigenvalue weighted by Crippen LogP contribution is -2.39. The maximum absolute atomic E-state index is 3.72. The van der Waals surface area contributed by atoms with E-state index >= 15 is 0 Å². The van der Waals surface area contributed by atoms with Gasteiger partial charge >= 0.3 is 0 Å². The summed E-state index contributed by atoms with van der Waals surface area (Å²) in [5, 5.41) is 3.72. The minimum atomic E-state index is 0.651. The lowest BCUT2D eigenvalue weighted by atomic mass is 9.98. The molecule has 0 aliphatic carbocycles. The molecule has 0 radical (unpaired) electrons. The number of fused-ring (bicyclic) bond motifs is 1. The van der Waals surface area contributed by atoms with Crippen molar-refractivity contribution in [1.82, 2.24) is 4.90 Å². The molecule has 2 nitrogen and oxygen atoms in total. The van der Waals surface area contributed by atoms with Crippen LogP contribution in [0.1, 0.15) is 37.7 Å². The van der Waals surface area contributed by atoms with Crippen LogP contribution >= 0.6 is 0 Å². The number of hydrogen-bond acceptors (Lipinski definition) is 2. The molecular formula is C16H24N2. The highest BCUT2D eigenvalue weighted by atomic mass is 15.1. The normalized spacial score (nSPS) is 25.0. The van der Waals surface area contributed by atoms with Crippen molar-refractivity contribution in [3.8, 4) is 0 Å². The predicted molar refractivity (Wildman–Crippen MR) is 77.1 cm³/mol. The van der Waals surface area contributed by atoms with Crippen LogP contribution in [-0.4, -0.2) is 30.6 Å². The van der Waals surface area contributed by atoms with Gasteiger partial charge in [-0.1, -0.05) is 31.0 Å². The Kier molecular flexibility index (Phi) is 3.84. The molecule has 0 aromatic heterocycles. The first kappa shape index (κ1) is 12.0. The van der Waals surface area contributed by atoms with Crippen molar-refractivity contribution in [3.05, 3.63) is 29.8 Å². The van der Waals surface area contributed by atoms with E-state index in [4.69, 9.17) is 0 Å². The van der Waals surface area contributed by atoms with Crippen LogP contribution in [0.2, 0.25) is 0 Å². The van der Waals surface area contributed by atoms with Crippen LogP contribution in [0.15, 0.2) is 24.3 Å². The number of hydrogen-bond donors (Lipinski definition) is 1. The summed E-state index contributed by atoms with van der Waals surface area (Å²) in [6.45, 7) is 3.84. The molecule has 1 unspecified atom stereocenters. The second-order valence-corrected chi connectivity index (χ2v) is 5.75. The van der Waals surface area contributed by atoms with Gasteiger partial charge in [-0.15, -0.1) is 0 Å². The topological polar surface area (TPSA) is 15.3 Å². The summed E-state index contributed by atoms with van der Waals surface area (Å²) < 4.78 is 0. The summed E-state index contributed by atoms with van der Waals surface area (Å²) in [4.78, 5) is 2.67. The van der Waals surface area contributed by atoms with Gasteiger partial charge in [0.1, 0.15) is 0 Å². The maximum Gasteiger partial charge on any atom is 0.0391 e. The van der Waals surface area contributed by atoms with Gasteiger partial charge in [0.2, 0.25) is 0 Å². The van der Waals surface area contributed by atoms with E-state index in [0.29, 0.717) is 6.04 Å². The molecule has 2 aliphatic rings. The van der Waals surface area contributed by atoms with Crippen LogP contribution < -0.4 is 5.32 Å². The van der Waals surface area contributed by atoms with Gasteiger partial charge in [0.25, 0.3) is 0 Å². The largest absolute Gasteiger partial charge is 0.381 e. The number of nitrogens with zero attached hydrogens (tertiary/aromatic N) is 1. The molecular weight excluding hydrogens is 220 g/mol. The molecule has 1 saturated heterocycles. The highest BCUT2D eigenvalue weighted by Gasteiger charge is 2.20. The zero-order valence-electron chi connectivity index (χ0n) is 11.2. The van der Waals surface area contributed by atoms with E-state index in [0.717, 1.165) is 0 Å². The van der Waals surface area contributed by atoms with Gasteiger partial charge in [-0.3, -0.25) is 0 Å². The highest BCUT2D eigenvalue weighted by molar-refractivity contribution is 5.53. The van der Waals surface area contributed by atoms with Crippen molar-refractivity contribution in [2.45, 2.75) is 44.6 Å². The molecule has 3 rings (SSSR count). The standard InChI is InChI=1S/C16H24N2/c1-2-6-12-18(11-5-1)13-15-10-9-14-7-3-4-8-16(14)17-15/h3-4,7-8,15,17H,1-2,5-6,9-13H2. The Labute approximate surface area is 110 Å². The van der Waals surface area contributed by atoms with Crippen molar-refractivity contribution in [2.75, 3.05) is 25.0 Å². The molecule has 1 atom stereocenters. The third-order valence-electron chi connectivity index (χ3n) is 4.32. The summed E-state index contributed by atoms with van der Waals surface area (Å²) in [5.41, 5.74) is 2.85. The molecule has 2 aliphatic heterocycles. The SMILES string of the molecule is c1ccc2c(c1)CCC(CN1CCCCCC1)N2. The first-order valence-electron chi connectivity index (χ1n) is 7.48. The molecule has 1 aromatic rings. The smallest absolute Gasteiger partial charge is 0.0391 e. The van der Waals surface area contributed by atoms with Gasteiger partial charge in [-0.2, -0.15) is 0 Å². The van der Waals surface area contributed by atoms with Crippen LogP contribution in [-0.2, 0) is 6.42 Å². The predicted octanol–water partition coefficient (Wildman–Crippen LogP) is 3.29. The second-order valence-electron chi connectivity index (χ2n) is 5.75. The Balaban J connectivity index is 1.58. The molecule has 2 heteroatoms. The van der Waals surface area contributed by atoms with Crippen LogP contribution in [0.5, 0.6) is 0 Å². The van der Waals surface area contributed by atoms with Crippen LogP contribution in [0.25, 0.3) is 0 Å². The number of likely N-dealkylation sites (tertiary alicyclic amines) is 1. The Morgan fingerprint density at radius 3 is 2.67 bits per heavy atom. The summed E-state index contributed by atoms with van der Waals surface area (Å²) in [5.74, 6) is 0. The molecule has 1 N–H and O–H groups in total. The van der Waals surface area contributed by atoms with Gasteiger partial charge in [0.15, 0.2) is 0 Å². The molecule has 1 fully saturated rings. The molecule has 0 spiro atoms. The van der Waals surface area contributed by atoms with Crippen molar-refractivity contribution < 1.29 is 0 Å². The van der Waals surface area contributed by atoms with E-state index in [9.17, 15) is 0 Å². The highest BCUT2D eigenvalue weighted by Crippen LogP contribution is 2.25. The van der Waals surface area contributed by atoms with Crippen LogP contribution in [0.3, 0.4) is 0 Å². The van der Waals surface area contributed by atoms with Crippen molar-refractivity contribution in [3.63, 3.8) is 0 Å². The number of aryl methyl sites for hydroxylation is 1. The molecule has 98 valence electrons. The fraction of sp³-hybridized carbons (Fsp3) is 0.625. The van der Waals surface area contributed by atoms with E-state index in [1.807, 2.05) is 0 Å². The quantitative estimate of drug-likeness (QED) is 0.859. The fourth-order valence-electron chi connectivity index (χ4n) is 3.27. The third-order valence-corrected chi connectivity index (χ3v) is 4.32. The molecule has 18 heavy (non-hydrogen) atoms. The minimum absolute atomic E-state index is 0.651. The van der Waals surface area contributed by atoms with E-state index in [1.165, 1.54) is 69.4 Å². The zero-order valence-corrected chi connectivity index (χ0v) is 11.2. The van der Waals surface area contributed by atoms with Gasteiger partial charge in [0.05, 0.1) is 0 Å². The summed E-state index contributed by atoms with van der Waals surface area (Å²) in [6, 6.07) is 9.42. The third kappa shape index (κ3) is 2.86. The summed E-state index contributed by atoms with van der Waals surface area (Å²) in [6.07, 6.45) is 8.16. The van der Waals surface area contributed by atoms with Gasteiger partial charge in [0, 0.05) is 18.3 Å². The Morgan fingerprint density at radius 2 is 1.83 bits per heavy atom. The van der Waals surface area contributed by atoms with E-state index < -0.39 is 0 Å². The van der Waals surface area contributed by atoms with Crippen molar-refractivity contribution in [1.29, 1.82) is 0 Å². The fourth-order valence-corrected chi connectivity index (χ4v) is 3.27. The zero-order chi connectivity index (χ0) is 12.2. The Morgan fingerprint density at radius 1 is 1.06 bits per heavy atom. The number of anilines is 1.